The summed E-state index contributed by atoms with van der Waals surface area (Å²) >= 11 is 1.29. The third kappa shape index (κ3) is 5.02. The number of rotatable bonds is 7. The lowest BCUT2D eigenvalue weighted by Crippen LogP contribution is -2.12. The number of hydrogen-bond acceptors (Lipinski definition) is 9. The summed E-state index contributed by atoms with van der Waals surface area (Å²) in [6.45, 7) is 4.19. The second-order valence-corrected chi connectivity index (χ2v) is 9.48. The van der Waals surface area contributed by atoms with Crippen LogP contribution in [0.5, 0.6) is 11.5 Å². The molecule has 12 heteroatoms. The van der Waals surface area contributed by atoms with Crippen LogP contribution >= 0.6 is 11.3 Å². The molecular formula is C26H21N5O6S. The molecule has 38 heavy (non-hydrogen) atoms. The standard InChI is InChI=1S/C26H21N5O6S/c1-16(2)17-6-8-20(9-7-17)28-26-29(23(14-38-26)18-4-3-5-21(10-18)30(32)33)27-13-19-11-24-25(37-15-36-24)12-22(19)31(34)35/h3-14,16H,15H2,1-2H3. The largest absolute Gasteiger partial charge is 0.454 e. The normalized spacial score (nSPS) is 13.0. The molecule has 2 heterocycles. The average molecular weight is 532 g/mol. The van der Waals surface area contributed by atoms with Crippen LogP contribution in [0.25, 0.3) is 11.3 Å². The number of nitro groups is 2. The van der Waals surface area contributed by atoms with Gasteiger partial charge in [-0.15, -0.1) is 11.3 Å². The van der Waals surface area contributed by atoms with Crippen LogP contribution in [-0.4, -0.2) is 27.5 Å². The van der Waals surface area contributed by atoms with Crippen molar-refractivity contribution in [3.8, 4) is 22.8 Å². The fourth-order valence-corrected chi connectivity index (χ4v) is 4.69. The van der Waals surface area contributed by atoms with E-state index in [2.05, 4.69) is 18.9 Å². The summed E-state index contributed by atoms with van der Waals surface area (Å²) in [7, 11) is 0. The van der Waals surface area contributed by atoms with Gasteiger partial charge in [0.2, 0.25) is 11.6 Å². The fraction of sp³-hybridized carbons (Fsp3) is 0.154. The molecule has 1 aromatic heterocycles. The quantitative estimate of drug-likeness (QED) is 0.163. The molecule has 0 N–H and O–H groups in total. The molecule has 0 spiro atoms. The van der Waals surface area contributed by atoms with Gasteiger partial charge in [0.15, 0.2) is 11.5 Å². The molecule has 0 radical (unpaired) electrons. The van der Waals surface area contributed by atoms with Gasteiger partial charge in [-0.25, -0.2) is 9.67 Å². The molecule has 4 aromatic rings. The number of nitrogens with zero attached hydrogens (tertiary/aromatic N) is 5. The molecule has 0 saturated carbocycles. The highest BCUT2D eigenvalue weighted by Crippen LogP contribution is 2.37. The molecule has 0 atom stereocenters. The van der Waals surface area contributed by atoms with E-state index >= 15 is 0 Å². The summed E-state index contributed by atoms with van der Waals surface area (Å²) < 4.78 is 12.1. The minimum absolute atomic E-state index is 0.0259. The van der Waals surface area contributed by atoms with E-state index in [1.54, 1.807) is 17.5 Å². The van der Waals surface area contributed by atoms with Crippen LogP contribution in [0.15, 0.2) is 76.1 Å². The van der Waals surface area contributed by atoms with Crippen molar-refractivity contribution in [2.75, 3.05) is 6.79 Å². The van der Waals surface area contributed by atoms with Crippen molar-refractivity contribution in [1.82, 2.24) is 4.68 Å². The van der Waals surface area contributed by atoms with Crippen LogP contribution < -0.4 is 14.3 Å². The second kappa shape index (κ2) is 10.3. The SMILES string of the molecule is CC(C)c1ccc(N=c2scc(-c3cccc([N+](=O)[O-])c3)n2N=Cc2cc3c(cc2[N+](=O)[O-])OCO3)cc1. The van der Waals surface area contributed by atoms with Gasteiger partial charge in [-0.2, -0.15) is 5.10 Å². The highest BCUT2D eigenvalue weighted by atomic mass is 32.1. The lowest BCUT2D eigenvalue weighted by atomic mass is 10.0. The summed E-state index contributed by atoms with van der Waals surface area (Å²) in [4.78, 5) is 27.3. The Morgan fingerprint density at radius 1 is 1.00 bits per heavy atom. The zero-order chi connectivity index (χ0) is 26.8. The van der Waals surface area contributed by atoms with Crippen molar-refractivity contribution >= 4 is 34.6 Å². The maximum atomic E-state index is 11.7. The summed E-state index contributed by atoms with van der Waals surface area (Å²) in [5, 5.41) is 29.4. The maximum Gasteiger partial charge on any atom is 0.282 e. The summed E-state index contributed by atoms with van der Waals surface area (Å²) in [5.41, 5.74) is 2.88. The van der Waals surface area contributed by atoms with E-state index in [9.17, 15) is 20.2 Å². The van der Waals surface area contributed by atoms with Gasteiger partial charge in [0, 0.05) is 23.1 Å². The van der Waals surface area contributed by atoms with E-state index in [-0.39, 0.29) is 29.5 Å². The van der Waals surface area contributed by atoms with Crippen LogP contribution in [0.4, 0.5) is 17.1 Å². The van der Waals surface area contributed by atoms with Crippen molar-refractivity contribution in [2.45, 2.75) is 19.8 Å². The number of benzene rings is 3. The highest BCUT2D eigenvalue weighted by Gasteiger charge is 2.23. The summed E-state index contributed by atoms with van der Waals surface area (Å²) in [6.07, 6.45) is 1.34. The van der Waals surface area contributed by atoms with Crippen molar-refractivity contribution in [1.29, 1.82) is 0 Å². The molecule has 0 unspecified atom stereocenters. The van der Waals surface area contributed by atoms with Crippen LogP contribution in [0.3, 0.4) is 0 Å². The van der Waals surface area contributed by atoms with Gasteiger partial charge in [0.05, 0.1) is 39.1 Å². The Labute approximate surface area is 220 Å². The second-order valence-electron chi connectivity index (χ2n) is 8.65. The number of thiazole rings is 1. The van der Waals surface area contributed by atoms with Gasteiger partial charge < -0.3 is 9.47 Å². The van der Waals surface area contributed by atoms with Crippen molar-refractivity contribution < 1.29 is 19.3 Å². The number of non-ortho nitro benzene ring substituents is 1. The van der Waals surface area contributed by atoms with E-state index in [1.165, 1.54) is 52.1 Å². The van der Waals surface area contributed by atoms with E-state index in [4.69, 9.17) is 14.5 Å². The molecule has 3 aromatic carbocycles. The first kappa shape index (κ1) is 24.8. The van der Waals surface area contributed by atoms with Crippen LogP contribution in [0, 0.1) is 20.2 Å². The third-order valence-corrected chi connectivity index (χ3v) is 6.67. The number of ether oxygens (including phenoxy) is 2. The monoisotopic (exact) mass is 531 g/mol. The van der Waals surface area contributed by atoms with Gasteiger partial charge >= 0.3 is 0 Å². The first-order valence-corrected chi connectivity index (χ1v) is 12.4. The van der Waals surface area contributed by atoms with Crippen molar-refractivity contribution in [3.63, 3.8) is 0 Å². The number of hydrogen-bond donors (Lipinski definition) is 0. The van der Waals surface area contributed by atoms with Gasteiger partial charge in [-0.1, -0.05) is 38.1 Å². The molecule has 0 fully saturated rings. The van der Waals surface area contributed by atoms with Gasteiger partial charge in [-0.3, -0.25) is 20.2 Å². The van der Waals surface area contributed by atoms with Crippen LogP contribution in [-0.2, 0) is 0 Å². The molecule has 1 aliphatic rings. The summed E-state index contributed by atoms with van der Waals surface area (Å²) in [6, 6.07) is 16.8. The smallest absolute Gasteiger partial charge is 0.282 e. The molecule has 0 aliphatic carbocycles. The highest BCUT2D eigenvalue weighted by molar-refractivity contribution is 7.07. The lowest BCUT2D eigenvalue weighted by molar-refractivity contribution is -0.385. The zero-order valence-corrected chi connectivity index (χ0v) is 21.1. The molecule has 11 nitrogen and oxygen atoms in total. The summed E-state index contributed by atoms with van der Waals surface area (Å²) in [5.74, 6) is 1.04. The molecule has 0 bridgehead atoms. The van der Waals surface area contributed by atoms with E-state index < -0.39 is 9.85 Å². The Balaban J connectivity index is 1.65. The van der Waals surface area contributed by atoms with E-state index in [0.29, 0.717) is 33.4 Å². The van der Waals surface area contributed by atoms with Gasteiger partial charge in [0.25, 0.3) is 11.4 Å². The molecule has 5 rings (SSSR count). The predicted molar refractivity (Wildman–Crippen MR) is 142 cm³/mol. The predicted octanol–water partition coefficient (Wildman–Crippen LogP) is 6.00. The zero-order valence-electron chi connectivity index (χ0n) is 20.3. The number of aromatic nitrogens is 1. The Morgan fingerprint density at radius 3 is 2.42 bits per heavy atom. The first-order chi connectivity index (χ1) is 18.3. The van der Waals surface area contributed by atoms with E-state index in [1.807, 2.05) is 24.3 Å². The van der Waals surface area contributed by atoms with Crippen LogP contribution in [0.1, 0.15) is 30.9 Å². The Kier molecular flexibility index (Phi) is 6.71. The Hall–Kier alpha value is -4.84. The Morgan fingerprint density at radius 2 is 1.74 bits per heavy atom. The minimum Gasteiger partial charge on any atom is -0.454 e. The number of nitro benzene ring substituents is 2. The molecular weight excluding hydrogens is 510 g/mol. The van der Waals surface area contributed by atoms with E-state index in [0.717, 1.165) is 0 Å². The third-order valence-electron chi connectivity index (χ3n) is 5.85. The van der Waals surface area contributed by atoms with Gasteiger partial charge in [-0.05, 0) is 29.7 Å². The Bertz CT molecular complexity index is 1640. The lowest BCUT2D eigenvalue weighted by Gasteiger charge is -2.06. The topological polar surface area (TPSA) is 134 Å². The maximum absolute atomic E-state index is 11.7. The first-order valence-electron chi connectivity index (χ1n) is 11.5. The molecule has 1 aliphatic heterocycles. The van der Waals surface area contributed by atoms with Crippen molar-refractivity contribution in [2.24, 2.45) is 10.1 Å². The molecule has 192 valence electrons. The average Bonchev–Trinajstić information content (AvgIpc) is 3.53. The molecule has 0 saturated heterocycles. The fourth-order valence-electron chi connectivity index (χ4n) is 3.84. The van der Waals surface area contributed by atoms with Crippen LogP contribution in [0.2, 0.25) is 0 Å². The van der Waals surface area contributed by atoms with Gasteiger partial charge in [0.1, 0.15) is 0 Å². The molecule has 0 amide bonds. The number of fused-ring (bicyclic) bond motifs is 1. The van der Waals surface area contributed by atoms with Crippen molar-refractivity contribution in [3.05, 3.63) is 102 Å². The minimum atomic E-state index is -0.523.